The van der Waals surface area contributed by atoms with Gasteiger partial charge in [0.2, 0.25) is 15.9 Å². The van der Waals surface area contributed by atoms with E-state index in [9.17, 15) is 26.4 Å². The summed E-state index contributed by atoms with van der Waals surface area (Å²) in [5, 5.41) is 6.82. The number of aryl methyl sites for hydroxylation is 1. The van der Waals surface area contributed by atoms with Gasteiger partial charge in [0, 0.05) is 18.7 Å². The first kappa shape index (κ1) is 23.6. The number of amides is 1. The molecule has 0 radical (unpaired) electrons. The number of carbonyl (C=O) groups is 1. The number of anilines is 2. The molecule has 34 heavy (non-hydrogen) atoms. The average molecular weight is 491 g/mol. The Balaban J connectivity index is 1.48. The van der Waals surface area contributed by atoms with Gasteiger partial charge in [-0.3, -0.25) is 9.10 Å². The van der Waals surface area contributed by atoms with Gasteiger partial charge in [0.15, 0.2) is 0 Å². The van der Waals surface area contributed by atoms with Gasteiger partial charge in [-0.2, -0.15) is 18.3 Å². The zero-order valence-electron chi connectivity index (χ0n) is 18.1. The zero-order chi connectivity index (χ0) is 24.5. The molecule has 3 aromatic rings. The third-order valence-corrected chi connectivity index (χ3v) is 7.08. The predicted octanol–water partition coefficient (Wildman–Crippen LogP) is 4.39. The van der Waals surface area contributed by atoms with Gasteiger partial charge in [-0.15, -0.1) is 0 Å². The first-order chi connectivity index (χ1) is 16.0. The molecule has 0 bridgehead atoms. The third kappa shape index (κ3) is 5.14. The molecule has 0 atom stereocenters. The maximum Gasteiger partial charge on any atom is 0.416 e. The summed E-state index contributed by atoms with van der Waals surface area (Å²) in [5.41, 5.74) is 1.11. The predicted molar refractivity (Wildman–Crippen MR) is 123 cm³/mol. The largest absolute Gasteiger partial charge is 0.416 e. The molecule has 4 rings (SSSR count). The van der Waals surface area contributed by atoms with Gasteiger partial charge in [0.1, 0.15) is 5.82 Å². The second-order valence-electron chi connectivity index (χ2n) is 7.79. The Kier molecular flexibility index (Phi) is 6.22. The first-order valence-corrected chi connectivity index (χ1v) is 12.0. The van der Waals surface area contributed by atoms with Crippen molar-refractivity contribution >= 4 is 33.5 Å². The van der Waals surface area contributed by atoms with E-state index in [2.05, 4.69) is 10.4 Å². The Morgan fingerprint density at radius 2 is 1.82 bits per heavy atom. The number of hydrogen-bond acceptors (Lipinski definition) is 4. The van der Waals surface area contributed by atoms with Crippen LogP contribution in [0.3, 0.4) is 0 Å². The van der Waals surface area contributed by atoms with Crippen molar-refractivity contribution in [2.75, 3.05) is 21.9 Å². The van der Waals surface area contributed by atoms with Crippen LogP contribution in [0.2, 0.25) is 0 Å². The normalized spacial score (nSPS) is 15.7. The van der Waals surface area contributed by atoms with Gasteiger partial charge in [-0.1, -0.05) is 18.2 Å². The number of rotatable bonds is 5. The summed E-state index contributed by atoms with van der Waals surface area (Å²) in [6, 6.07) is 13.0. The first-order valence-electron chi connectivity index (χ1n) is 10.4. The average Bonchev–Trinajstić information content (AvgIpc) is 3.33. The van der Waals surface area contributed by atoms with Crippen LogP contribution in [0.5, 0.6) is 0 Å². The highest BCUT2D eigenvalue weighted by Gasteiger charge is 2.31. The van der Waals surface area contributed by atoms with Crippen LogP contribution in [0.1, 0.15) is 23.2 Å². The van der Waals surface area contributed by atoms with Crippen molar-refractivity contribution in [2.24, 2.45) is 0 Å². The standard InChI is InChI=1S/C23H21F3N4O3S/c1-16-14-21(30(28-16)20-5-2-4-18(15-20)23(24,25)26)27-22(31)11-8-17-6-9-19(10-7-17)29-12-3-13-34(29,32)33/h2,4-11,14-15H,3,12-13H2,1H3,(H,27,31)/b11-8+. The molecule has 2 heterocycles. The lowest BCUT2D eigenvalue weighted by Gasteiger charge is -2.16. The SMILES string of the molecule is Cc1cc(NC(=O)/C=C/c2ccc(N3CCCS3(=O)=O)cc2)n(-c2cccc(C(F)(F)F)c2)n1. The molecular formula is C23H21F3N4O3S. The summed E-state index contributed by atoms with van der Waals surface area (Å²) < 4.78 is 65.9. The van der Waals surface area contributed by atoms with Crippen molar-refractivity contribution < 1.29 is 26.4 Å². The van der Waals surface area contributed by atoms with Gasteiger partial charge in [-0.05, 0) is 55.3 Å². The fourth-order valence-corrected chi connectivity index (χ4v) is 5.18. The summed E-state index contributed by atoms with van der Waals surface area (Å²) in [4.78, 5) is 12.5. The van der Waals surface area contributed by atoms with E-state index >= 15 is 0 Å². The van der Waals surface area contributed by atoms with Crippen LogP contribution in [0, 0.1) is 6.92 Å². The van der Waals surface area contributed by atoms with E-state index in [0.29, 0.717) is 29.9 Å². The summed E-state index contributed by atoms with van der Waals surface area (Å²) in [6.07, 6.45) is -1.09. The zero-order valence-corrected chi connectivity index (χ0v) is 18.9. The van der Waals surface area contributed by atoms with Crippen LogP contribution in [0.25, 0.3) is 11.8 Å². The highest BCUT2D eigenvalue weighted by Crippen LogP contribution is 2.31. The number of aromatic nitrogens is 2. The van der Waals surface area contributed by atoms with Crippen LogP contribution >= 0.6 is 0 Å². The number of alkyl halides is 3. The van der Waals surface area contributed by atoms with Crippen molar-refractivity contribution in [3.05, 3.63) is 77.5 Å². The lowest BCUT2D eigenvalue weighted by Crippen LogP contribution is -2.24. The van der Waals surface area contributed by atoms with E-state index in [4.69, 9.17) is 0 Å². The van der Waals surface area contributed by atoms with Crippen LogP contribution < -0.4 is 9.62 Å². The number of carbonyl (C=O) groups excluding carboxylic acids is 1. The van der Waals surface area contributed by atoms with Crippen molar-refractivity contribution in [1.29, 1.82) is 0 Å². The topological polar surface area (TPSA) is 84.3 Å². The lowest BCUT2D eigenvalue weighted by molar-refractivity contribution is -0.137. The maximum absolute atomic E-state index is 13.1. The molecule has 1 aromatic heterocycles. The Hall–Kier alpha value is -3.60. The Morgan fingerprint density at radius 3 is 2.47 bits per heavy atom. The number of benzene rings is 2. The molecule has 0 aliphatic carbocycles. The van der Waals surface area contributed by atoms with E-state index in [-0.39, 0.29) is 17.3 Å². The smallest absolute Gasteiger partial charge is 0.307 e. The summed E-state index contributed by atoms with van der Waals surface area (Å²) >= 11 is 0. The molecule has 178 valence electrons. The second kappa shape index (κ2) is 8.98. The molecule has 1 amide bonds. The van der Waals surface area contributed by atoms with E-state index in [0.717, 1.165) is 12.1 Å². The monoisotopic (exact) mass is 490 g/mol. The molecule has 0 saturated carbocycles. The Bertz CT molecular complexity index is 1350. The molecule has 1 N–H and O–H groups in total. The molecule has 1 aliphatic heterocycles. The van der Waals surface area contributed by atoms with Crippen LogP contribution in [-0.4, -0.2) is 36.4 Å². The number of halogens is 3. The maximum atomic E-state index is 13.1. The minimum absolute atomic E-state index is 0.130. The van der Waals surface area contributed by atoms with Gasteiger partial charge in [0.05, 0.1) is 28.4 Å². The van der Waals surface area contributed by atoms with Crippen molar-refractivity contribution in [2.45, 2.75) is 19.5 Å². The third-order valence-electron chi connectivity index (χ3n) is 5.21. The quantitative estimate of drug-likeness (QED) is 0.538. The summed E-state index contributed by atoms with van der Waals surface area (Å²) in [6.45, 7) is 2.11. The summed E-state index contributed by atoms with van der Waals surface area (Å²) in [7, 11) is -3.27. The van der Waals surface area contributed by atoms with E-state index in [1.54, 1.807) is 43.3 Å². The number of nitrogens with one attached hydrogen (secondary N) is 1. The molecule has 1 aliphatic rings. The minimum Gasteiger partial charge on any atom is -0.307 e. The second-order valence-corrected chi connectivity index (χ2v) is 9.80. The van der Waals surface area contributed by atoms with E-state index < -0.39 is 27.7 Å². The molecule has 0 spiro atoms. The van der Waals surface area contributed by atoms with E-state index in [1.807, 2.05) is 0 Å². The highest BCUT2D eigenvalue weighted by molar-refractivity contribution is 7.93. The van der Waals surface area contributed by atoms with Crippen molar-refractivity contribution in [3.8, 4) is 5.69 Å². The Morgan fingerprint density at radius 1 is 1.09 bits per heavy atom. The molecule has 1 fully saturated rings. The molecule has 7 nitrogen and oxygen atoms in total. The van der Waals surface area contributed by atoms with Crippen molar-refractivity contribution in [1.82, 2.24) is 9.78 Å². The van der Waals surface area contributed by atoms with Gasteiger partial charge >= 0.3 is 6.18 Å². The highest BCUT2D eigenvalue weighted by atomic mass is 32.2. The Labute approximate surface area is 194 Å². The minimum atomic E-state index is -4.50. The number of nitrogens with zero attached hydrogens (tertiary/aromatic N) is 3. The summed E-state index contributed by atoms with van der Waals surface area (Å²) in [5.74, 6) is -0.147. The number of hydrogen-bond donors (Lipinski definition) is 1. The van der Waals surface area contributed by atoms with Crippen LogP contribution in [0.15, 0.2) is 60.7 Å². The molecule has 11 heteroatoms. The molecule has 1 saturated heterocycles. The van der Waals surface area contributed by atoms with Crippen LogP contribution in [0.4, 0.5) is 24.7 Å². The molecular weight excluding hydrogens is 469 g/mol. The lowest BCUT2D eigenvalue weighted by atomic mass is 10.2. The van der Waals surface area contributed by atoms with E-state index in [1.165, 1.54) is 27.2 Å². The van der Waals surface area contributed by atoms with Gasteiger partial charge in [0.25, 0.3) is 0 Å². The molecule has 0 unspecified atom stereocenters. The van der Waals surface area contributed by atoms with Gasteiger partial charge < -0.3 is 5.32 Å². The van der Waals surface area contributed by atoms with Gasteiger partial charge in [-0.25, -0.2) is 13.1 Å². The number of sulfonamides is 1. The fourth-order valence-electron chi connectivity index (χ4n) is 3.62. The molecule has 2 aromatic carbocycles. The van der Waals surface area contributed by atoms with Crippen LogP contribution in [-0.2, 0) is 21.0 Å². The fraction of sp³-hybridized carbons (Fsp3) is 0.217. The van der Waals surface area contributed by atoms with Crippen molar-refractivity contribution in [3.63, 3.8) is 0 Å².